The molecular weight excluding hydrogens is 380 g/mol. The number of rotatable bonds is 7. The third kappa shape index (κ3) is 4.89. The van der Waals surface area contributed by atoms with Gasteiger partial charge in [0.15, 0.2) is 11.5 Å². The van der Waals surface area contributed by atoms with Gasteiger partial charge in [-0.15, -0.1) is 0 Å². The zero-order valence-electron chi connectivity index (χ0n) is 16.3. The summed E-state index contributed by atoms with van der Waals surface area (Å²) in [6.07, 6.45) is 0.958. The number of hydrogen-bond acceptors (Lipinski definition) is 5. The van der Waals surface area contributed by atoms with Crippen molar-refractivity contribution in [3.63, 3.8) is 0 Å². The van der Waals surface area contributed by atoms with Gasteiger partial charge >= 0.3 is 0 Å². The molecule has 6 heteroatoms. The Balaban J connectivity index is 1.30. The fraction of sp³-hybridized carbons (Fsp3) is 0.167. The van der Waals surface area contributed by atoms with Crippen molar-refractivity contribution in [3.05, 3.63) is 83.4 Å². The summed E-state index contributed by atoms with van der Waals surface area (Å²) in [5.74, 6) is 2.02. The largest absolute Gasteiger partial charge is 0.489 e. The summed E-state index contributed by atoms with van der Waals surface area (Å²) < 4.78 is 16.5. The minimum atomic E-state index is -0.0773. The van der Waals surface area contributed by atoms with E-state index in [0.29, 0.717) is 36.4 Å². The number of nitrogens with zero attached hydrogens (tertiary/aromatic N) is 1. The molecule has 1 amide bonds. The molecule has 0 saturated heterocycles. The zero-order chi connectivity index (χ0) is 20.8. The maximum Gasteiger partial charge on any atom is 0.231 e. The van der Waals surface area contributed by atoms with Crippen molar-refractivity contribution in [1.82, 2.24) is 0 Å². The minimum absolute atomic E-state index is 0.0773. The van der Waals surface area contributed by atoms with Crippen LogP contribution in [0.1, 0.15) is 23.1 Å². The Kier molecular flexibility index (Phi) is 5.81. The van der Waals surface area contributed by atoms with Crippen molar-refractivity contribution < 1.29 is 19.0 Å². The quantitative estimate of drug-likeness (QED) is 0.634. The Hall–Kier alpha value is -3.98. The molecule has 0 saturated carbocycles. The van der Waals surface area contributed by atoms with E-state index in [1.807, 2.05) is 48.5 Å². The lowest BCUT2D eigenvalue weighted by atomic mass is 10.1. The van der Waals surface area contributed by atoms with Crippen LogP contribution in [-0.4, -0.2) is 12.7 Å². The molecule has 0 fully saturated rings. The van der Waals surface area contributed by atoms with E-state index < -0.39 is 0 Å². The second kappa shape index (κ2) is 9.01. The number of carbonyl (C=O) groups is 1. The molecule has 0 unspecified atom stereocenters. The number of fused-ring (bicyclic) bond motifs is 1. The van der Waals surface area contributed by atoms with Gasteiger partial charge in [-0.2, -0.15) is 5.26 Å². The molecule has 30 heavy (non-hydrogen) atoms. The second-order valence-electron chi connectivity index (χ2n) is 6.86. The summed E-state index contributed by atoms with van der Waals surface area (Å²) in [7, 11) is 0. The molecule has 1 aliphatic rings. The van der Waals surface area contributed by atoms with Crippen LogP contribution in [0.2, 0.25) is 0 Å². The number of aryl methyl sites for hydroxylation is 1. The van der Waals surface area contributed by atoms with Gasteiger partial charge in [-0.3, -0.25) is 4.79 Å². The second-order valence-corrected chi connectivity index (χ2v) is 6.86. The summed E-state index contributed by atoms with van der Waals surface area (Å²) >= 11 is 0. The van der Waals surface area contributed by atoms with E-state index in [0.717, 1.165) is 22.6 Å². The molecule has 6 nitrogen and oxygen atoms in total. The summed E-state index contributed by atoms with van der Waals surface area (Å²) in [5.41, 5.74) is 3.20. The predicted octanol–water partition coefficient (Wildman–Crippen LogP) is 4.44. The summed E-state index contributed by atoms with van der Waals surface area (Å²) in [6.45, 7) is 0.582. The van der Waals surface area contributed by atoms with Gasteiger partial charge in [0, 0.05) is 18.2 Å². The first-order chi connectivity index (χ1) is 14.7. The number of amides is 1. The molecule has 0 aliphatic carbocycles. The number of benzene rings is 3. The Morgan fingerprint density at radius 2 is 1.87 bits per heavy atom. The van der Waals surface area contributed by atoms with E-state index >= 15 is 0 Å². The lowest BCUT2D eigenvalue weighted by Gasteiger charge is -2.10. The van der Waals surface area contributed by atoms with Crippen LogP contribution in [0.25, 0.3) is 0 Å². The van der Waals surface area contributed by atoms with Gasteiger partial charge in [0.1, 0.15) is 12.4 Å². The third-order valence-corrected chi connectivity index (χ3v) is 4.66. The molecular formula is C24H20N2O4. The van der Waals surface area contributed by atoms with E-state index in [9.17, 15) is 4.79 Å². The molecule has 3 aromatic rings. The fourth-order valence-corrected chi connectivity index (χ4v) is 3.14. The van der Waals surface area contributed by atoms with E-state index in [4.69, 9.17) is 19.5 Å². The molecule has 1 aliphatic heterocycles. The fourth-order valence-electron chi connectivity index (χ4n) is 3.14. The van der Waals surface area contributed by atoms with Gasteiger partial charge < -0.3 is 19.5 Å². The Morgan fingerprint density at radius 1 is 1.00 bits per heavy atom. The molecule has 1 heterocycles. The zero-order valence-corrected chi connectivity index (χ0v) is 16.3. The summed E-state index contributed by atoms with van der Waals surface area (Å²) in [4.78, 5) is 12.3. The number of anilines is 1. The predicted molar refractivity (Wildman–Crippen MR) is 111 cm³/mol. The standard InChI is InChI=1S/C24H20N2O4/c25-14-18-3-1-4-19(11-18)15-28-21-6-2-5-20(13-21)26-24(27)10-8-17-7-9-22-23(12-17)30-16-29-22/h1-7,9,11-13H,8,10,15-16H2,(H,26,27). The van der Waals surface area contributed by atoms with Crippen LogP contribution in [0.4, 0.5) is 5.69 Å². The Bertz CT molecular complexity index is 1100. The molecule has 0 aromatic heterocycles. The molecule has 0 radical (unpaired) electrons. The highest BCUT2D eigenvalue weighted by molar-refractivity contribution is 5.91. The normalized spacial score (nSPS) is 11.6. The number of nitriles is 1. The smallest absolute Gasteiger partial charge is 0.231 e. The van der Waals surface area contributed by atoms with Gasteiger partial charge in [-0.1, -0.05) is 24.3 Å². The van der Waals surface area contributed by atoms with Crippen molar-refractivity contribution in [1.29, 1.82) is 5.26 Å². The lowest BCUT2D eigenvalue weighted by Crippen LogP contribution is -2.12. The maximum absolute atomic E-state index is 12.3. The number of carbonyl (C=O) groups excluding carboxylic acids is 1. The first kappa shape index (κ1) is 19.3. The van der Waals surface area contributed by atoms with Crippen LogP contribution in [0, 0.1) is 11.3 Å². The molecule has 0 spiro atoms. The molecule has 4 rings (SSSR count). The molecule has 150 valence electrons. The number of nitrogens with one attached hydrogen (secondary N) is 1. The van der Waals surface area contributed by atoms with Crippen LogP contribution in [0.3, 0.4) is 0 Å². The highest BCUT2D eigenvalue weighted by Crippen LogP contribution is 2.32. The average molecular weight is 400 g/mol. The van der Waals surface area contributed by atoms with Crippen LogP contribution in [-0.2, 0) is 17.8 Å². The highest BCUT2D eigenvalue weighted by atomic mass is 16.7. The van der Waals surface area contributed by atoms with Crippen LogP contribution >= 0.6 is 0 Å². The van der Waals surface area contributed by atoms with Crippen molar-refractivity contribution in [3.8, 4) is 23.3 Å². The van der Waals surface area contributed by atoms with Gasteiger partial charge in [-0.05, 0) is 53.9 Å². The number of ether oxygens (including phenoxy) is 3. The maximum atomic E-state index is 12.3. The summed E-state index contributed by atoms with van der Waals surface area (Å²) in [5, 5.41) is 11.9. The van der Waals surface area contributed by atoms with Gasteiger partial charge in [-0.25, -0.2) is 0 Å². The SMILES string of the molecule is N#Cc1cccc(COc2cccc(NC(=O)CCc3ccc4c(c3)OCO4)c2)c1. The van der Waals surface area contributed by atoms with Gasteiger partial charge in [0.05, 0.1) is 11.6 Å². The van der Waals surface area contributed by atoms with E-state index in [1.54, 1.807) is 18.2 Å². The summed E-state index contributed by atoms with van der Waals surface area (Å²) in [6, 6.07) is 22.4. The van der Waals surface area contributed by atoms with Crippen LogP contribution in [0.15, 0.2) is 66.7 Å². The van der Waals surface area contributed by atoms with Crippen molar-refractivity contribution >= 4 is 11.6 Å². The van der Waals surface area contributed by atoms with Crippen molar-refractivity contribution in [2.24, 2.45) is 0 Å². The van der Waals surface area contributed by atoms with Gasteiger partial charge in [0.25, 0.3) is 0 Å². The third-order valence-electron chi connectivity index (χ3n) is 4.66. The van der Waals surface area contributed by atoms with Gasteiger partial charge in [0.2, 0.25) is 12.7 Å². The molecule has 0 atom stereocenters. The Labute approximate surface area is 174 Å². The van der Waals surface area contributed by atoms with E-state index in [-0.39, 0.29) is 12.7 Å². The first-order valence-corrected chi connectivity index (χ1v) is 9.60. The molecule has 0 bridgehead atoms. The lowest BCUT2D eigenvalue weighted by molar-refractivity contribution is -0.116. The molecule has 3 aromatic carbocycles. The van der Waals surface area contributed by atoms with Crippen molar-refractivity contribution in [2.45, 2.75) is 19.4 Å². The molecule has 1 N–H and O–H groups in total. The minimum Gasteiger partial charge on any atom is -0.489 e. The number of hydrogen-bond donors (Lipinski definition) is 1. The van der Waals surface area contributed by atoms with E-state index in [1.165, 1.54) is 0 Å². The van der Waals surface area contributed by atoms with Crippen LogP contribution in [0.5, 0.6) is 17.2 Å². The Morgan fingerprint density at radius 3 is 2.77 bits per heavy atom. The van der Waals surface area contributed by atoms with Crippen molar-refractivity contribution in [2.75, 3.05) is 12.1 Å². The van der Waals surface area contributed by atoms with E-state index in [2.05, 4.69) is 11.4 Å². The van der Waals surface area contributed by atoms with Crippen LogP contribution < -0.4 is 19.5 Å². The monoisotopic (exact) mass is 400 g/mol. The topological polar surface area (TPSA) is 80.6 Å². The first-order valence-electron chi connectivity index (χ1n) is 9.60. The average Bonchev–Trinajstić information content (AvgIpc) is 3.25. The highest BCUT2D eigenvalue weighted by Gasteiger charge is 2.13.